The summed E-state index contributed by atoms with van der Waals surface area (Å²) < 4.78 is 41.3. The van der Waals surface area contributed by atoms with Crippen LogP contribution >= 0.6 is 0 Å². The lowest BCUT2D eigenvalue weighted by Gasteiger charge is -2.17. The van der Waals surface area contributed by atoms with Gasteiger partial charge in [0.2, 0.25) is 0 Å². The Morgan fingerprint density at radius 3 is 2.78 bits per heavy atom. The van der Waals surface area contributed by atoms with Crippen LogP contribution in [0.1, 0.15) is 25.0 Å². The molecule has 1 aliphatic rings. The molecule has 1 heterocycles. The standard InChI is InChI=1S/C12H15FO4S/c1-8(14)11-6-9(13)2-3-12(11)17-10-4-5-18(15,16)7-10/h2-3,6,8,10,14H,4-5,7H2,1H3/t8-,10?/m1/s1. The second-order valence-electron chi connectivity index (χ2n) is 4.50. The van der Waals surface area contributed by atoms with E-state index in [9.17, 15) is 17.9 Å². The third kappa shape index (κ3) is 3.00. The number of ether oxygens (including phenoxy) is 1. The minimum atomic E-state index is -3.02. The molecule has 1 aromatic rings. The van der Waals surface area contributed by atoms with Crippen molar-refractivity contribution in [1.29, 1.82) is 0 Å². The maximum Gasteiger partial charge on any atom is 0.154 e. The number of sulfone groups is 1. The van der Waals surface area contributed by atoms with E-state index in [0.29, 0.717) is 17.7 Å². The quantitative estimate of drug-likeness (QED) is 0.906. The number of benzene rings is 1. The van der Waals surface area contributed by atoms with Gasteiger partial charge in [-0.05, 0) is 31.5 Å². The van der Waals surface area contributed by atoms with Crippen LogP contribution in [0.3, 0.4) is 0 Å². The van der Waals surface area contributed by atoms with E-state index < -0.39 is 27.9 Å². The summed E-state index contributed by atoms with van der Waals surface area (Å²) in [4.78, 5) is 0. The minimum absolute atomic E-state index is 0.0242. The van der Waals surface area contributed by atoms with Gasteiger partial charge < -0.3 is 9.84 Å². The highest BCUT2D eigenvalue weighted by molar-refractivity contribution is 7.91. The Morgan fingerprint density at radius 1 is 1.50 bits per heavy atom. The second-order valence-corrected chi connectivity index (χ2v) is 6.73. The maximum atomic E-state index is 13.1. The van der Waals surface area contributed by atoms with Crippen LogP contribution in [0, 0.1) is 5.82 Å². The van der Waals surface area contributed by atoms with E-state index in [0.717, 1.165) is 0 Å². The van der Waals surface area contributed by atoms with Crippen LogP contribution in [0.2, 0.25) is 0 Å². The van der Waals surface area contributed by atoms with Gasteiger partial charge in [-0.1, -0.05) is 0 Å². The van der Waals surface area contributed by atoms with Crippen molar-refractivity contribution in [1.82, 2.24) is 0 Å². The van der Waals surface area contributed by atoms with Crippen LogP contribution in [0.25, 0.3) is 0 Å². The Kier molecular flexibility index (Phi) is 3.59. The van der Waals surface area contributed by atoms with Gasteiger partial charge in [0.1, 0.15) is 17.7 Å². The van der Waals surface area contributed by atoms with E-state index in [2.05, 4.69) is 0 Å². The van der Waals surface area contributed by atoms with Gasteiger partial charge in [0, 0.05) is 5.56 Å². The molecule has 0 bridgehead atoms. The van der Waals surface area contributed by atoms with Gasteiger partial charge in [-0.25, -0.2) is 12.8 Å². The first-order valence-corrected chi connectivity index (χ1v) is 7.54. The van der Waals surface area contributed by atoms with E-state index in [1.54, 1.807) is 0 Å². The molecule has 4 nitrogen and oxygen atoms in total. The first-order valence-electron chi connectivity index (χ1n) is 5.72. The maximum absolute atomic E-state index is 13.1. The average Bonchev–Trinajstić information content (AvgIpc) is 2.60. The molecule has 0 saturated carbocycles. The zero-order valence-electron chi connectivity index (χ0n) is 9.97. The lowest BCUT2D eigenvalue weighted by molar-refractivity contribution is 0.179. The summed E-state index contributed by atoms with van der Waals surface area (Å²) in [6.45, 7) is 1.51. The molecular weight excluding hydrogens is 259 g/mol. The summed E-state index contributed by atoms with van der Waals surface area (Å²) in [6.07, 6.45) is -0.856. The van der Waals surface area contributed by atoms with E-state index >= 15 is 0 Å². The van der Waals surface area contributed by atoms with Crippen molar-refractivity contribution < 1.29 is 22.7 Å². The van der Waals surface area contributed by atoms with Crippen molar-refractivity contribution >= 4 is 9.84 Å². The molecule has 2 atom stereocenters. The number of hydrogen-bond acceptors (Lipinski definition) is 4. The first-order chi connectivity index (χ1) is 8.37. The molecule has 1 saturated heterocycles. The summed E-state index contributed by atoms with van der Waals surface area (Å²) in [7, 11) is -3.02. The van der Waals surface area contributed by atoms with E-state index in [1.165, 1.54) is 25.1 Å². The fourth-order valence-electron chi connectivity index (χ4n) is 1.99. The van der Waals surface area contributed by atoms with Crippen LogP contribution in [0.5, 0.6) is 5.75 Å². The molecule has 1 fully saturated rings. The van der Waals surface area contributed by atoms with E-state index in [1.807, 2.05) is 0 Å². The van der Waals surface area contributed by atoms with Crippen LogP contribution in [-0.2, 0) is 9.84 Å². The molecule has 1 aromatic carbocycles. The predicted molar refractivity (Wildman–Crippen MR) is 64.7 cm³/mol. The number of rotatable bonds is 3. The molecule has 0 radical (unpaired) electrons. The van der Waals surface area contributed by atoms with Crippen LogP contribution < -0.4 is 4.74 Å². The van der Waals surface area contributed by atoms with Gasteiger partial charge in [-0.15, -0.1) is 0 Å². The monoisotopic (exact) mass is 274 g/mol. The molecular formula is C12H15FO4S. The minimum Gasteiger partial charge on any atom is -0.489 e. The highest BCUT2D eigenvalue weighted by atomic mass is 32.2. The van der Waals surface area contributed by atoms with Crippen molar-refractivity contribution in [2.75, 3.05) is 11.5 Å². The molecule has 2 rings (SSSR count). The van der Waals surface area contributed by atoms with Crippen molar-refractivity contribution in [3.8, 4) is 5.75 Å². The number of aliphatic hydroxyl groups excluding tert-OH is 1. The SMILES string of the molecule is C[C@@H](O)c1cc(F)ccc1OC1CCS(=O)(=O)C1. The zero-order chi connectivity index (χ0) is 13.3. The van der Waals surface area contributed by atoms with Crippen molar-refractivity contribution in [3.63, 3.8) is 0 Å². The Hall–Kier alpha value is -1.14. The van der Waals surface area contributed by atoms with Gasteiger partial charge in [0.15, 0.2) is 9.84 Å². The normalized spacial score (nSPS) is 23.8. The Bertz CT molecular complexity index is 539. The highest BCUT2D eigenvalue weighted by Crippen LogP contribution is 2.28. The summed E-state index contributed by atoms with van der Waals surface area (Å²) in [5.41, 5.74) is 0.333. The Morgan fingerprint density at radius 2 is 2.22 bits per heavy atom. The van der Waals surface area contributed by atoms with Crippen molar-refractivity contribution in [3.05, 3.63) is 29.6 Å². The van der Waals surface area contributed by atoms with E-state index in [4.69, 9.17) is 4.74 Å². The fourth-order valence-corrected chi connectivity index (χ4v) is 3.58. The summed E-state index contributed by atoms with van der Waals surface area (Å²) >= 11 is 0. The first kappa shape index (κ1) is 13.3. The zero-order valence-corrected chi connectivity index (χ0v) is 10.8. The molecule has 0 spiro atoms. The Balaban J connectivity index is 2.19. The van der Waals surface area contributed by atoms with Crippen LogP contribution in [-0.4, -0.2) is 31.1 Å². The smallest absolute Gasteiger partial charge is 0.154 e. The number of hydrogen-bond donors (Lipinski definition) is 1. The lowest BCUT2D eigenvalue weighted by Crippen LogP contribution is -2.18. The largest absolute Gasteiger partial charge is 0.489 e. The van der Waals surface area contributed by atoms with Gasteiger partial charge in [0.25, 0.3) is 0 Å². The summed E-state index contributed by atoms with van der Waals surface area (Å²) in [5.74, 6) is -0.0299. The third-order valence-electron chi connectivity index (χ3n) is 2.91. The van der Waals surface area contributed by atoms with Gasteiger partial charge in [0.05, 0.1) is 17.6 Å². The predicted octanol–water partition coefficient (Wildman–Crippen LogP) is 1.44. The topological polar surface area (TPSA) is 63.6 Å². The van der Waals surface area contributed by atoms with Crippen molar-refractivity contribution in [2.45, 2.75) is 25.6 Å². The molecule has 0 aromatic heterocycles. The number of aliphatic hydroxyl groups is 1. The van der Waals surface area contributed by atoms with Gasteiger partial charge >= 0.3 is 0 Å². The highest BCUT2D eigenvalue weighted by Gasteiger charge is 2.30. The molecule has 0 amide bonds. The molecule has 100 valence electrons. The summed E-state index contributed by atoms with van der Waals surface area (Å²) in [6, 6.07) is 3.84. The lowest BCUT2D eigenvalue weighted by atomic mass is 10.1. The Labute approximate surface area is 105 Å². The van der Waals surface area contributed by atoms with Gasteiger partial charge in [-0.3, -0.25) is 0 Å². The molecule has 1 unspecified atom stereocenters. The van der Waals surface area contributed by atoms with Crippen LogP contribution in [0.15, 0.2) is 18.2 Å². The summed E-state index contributed by atoms with van der Waals surface area (Å²) in [5, 5.41) is 9.54. The molecule has 1 N–H and O–H groups in total. The average molecular weight is 274 g/mol. The molecule has 0 aliphatic carbocycles. The van der Waals surface area contributed by atoms with Crippen molar-refractivity contribution in [2.24, 2.45) is 0 Å². The fraction of sp³-hybridized carbons (Fsp3) is 0.500. The second kappa shape index (κ2) is 4.85. The van der Waals surface area contributed by atoms with E-state index in [-0.39, 0.29) is 11.5 Å². The molecule has 6 heteroatoms. The van der Waals surface area contributed by atoms with Crippen LogP contribution in [0.4, 0.5) is 4.39 Å². The molecule has 1 aliphatic heterocycles. The van der Waals surface area contributed by atoms with Gasteiger partial charge in [-0.2, -0.15) is 0 Å². The molecule has 18 heavy (non-hydrogen) atoms. The third-order valence-corrected chi connectivity index (χ3v) is 4.64. The number of halogens is 1.